The molecule has 0 heterocycles. The Hall–Kier alpha value is -0.390. The van der Waals surface area contributed by atoms with Crippen LogP contribution in [0.4, 0.5) is 0 Å². The predicted molar refractivity (Wildman–Crippen MR) is 71.4 cm³/mol. The van der Waals surface area contributed by atoms with Crippen LogP contribution in [0.25, 0.3) is 0 Å². The highest BCUT2D eigenvalue weighted by molar-refractivity contribution is 7.84. The Morgan fingerprint density at radius 3 is 2.62 bits per heavy atom. The maximum atomic E-state index is 9.41. The highest BCUT2D eigenvalue weighted by atomic mass is 31.2. The van der Waals surface area contributed by atoms with Crippen LogP contribution in [0.5, 0.6) is 0 Å². The van der Waals surface area contributed by atoms with E-state index in [4.69, 9.17) is 6.66 Å². The van der Waals surface area contributed by atoms with Crippen molar-refractivity contribution in [3.63, 3.8) is 0 Å². The lowest BCUT2D eigenvalue weighted by Crippen LogP contribution is -2.25. The van der Waals surface area contributed by atoms with Crippen molar-refractivity contribution in [2.45, 2.75) is 24.9 Å². The lowest BCUT2D eigenvalue weighted by Gasteiger charge is -2.27. The van der Waals surface area contributed by atoms with Crippen molar-refractivity contribution < 1.29 is 5.11 Å². The van der Waals surface area contributed by atoms with Gasteiger partial charge in [0, 0.05) is 12.5 Å². The molecule has 0 aromatic heterocycles. The highest BCUT2D eigenvalue weighted by Gasteiger charge is 2.46. The molecule has 1 aromatic carbocycles. The van der Waals surface area contributed by atoms with Crippen LogP contribution in [0.15, 0.2) is 30.3 Å². The Bertz CT molecular complexity index is 334. The fraction of sp³-hybridized carbons (Fsp3) is 0.500. The van der Waals surface area contributed by atoms with Gasteiger partial charge in [-0.05, 0) is 31.4 Å². The van der Waals surface area contributed by atoms with E-state index in [1.165, 1.54) is 18.1 Å². The fourth-order valence-electron chi connectivity index (χ4n) is 2.88. The van der Waals surface area contributed by atoms with Crippen LogP contribution in [0.1, 0.15) is 19.3 Å². The van der Waals surface area contributed by atoms with Gasteiger partial charge in [-0.15, -0.1) is 0 Å². The molecule has 1 nitrogen and oxygen atoms in total. The molecule has 1 fully saturated rings. The van der Waals surface area contributed by atoms with Gasteiger partial charge in [-0.25, -0.2) is 0 Å². The van der Waals surface area contributed by atoms with Gasteiger partial charge in [-0.1, -0.05) is 18.2 Å². The largest absolute Gasteiger partial charge is 0.396 e. The molecule has 0 saturated heterocycles. The van der Waals surface area contributed by atoms with Gasteiger partial charge < -0.3 is 5.11 Å². The Labute approximate surface area is 99.2 Å². The summed E-state index contributed by atoms with van der Waals surface area (Å²) in [6, 6.07) is 10.4. The van der Waals surface area contributed by atoms with Gasteiger partial charge >= 0.3 is 0 Å². The van der Waals surface area contributed by atoms with Crippen molar-refractivity contribution in [2.24, 2.45) is 5.92 Å². The quantitative estimate of drug-likeness (QED) is 0.799. The van der Waals surface area contributed by atoms with Gasteiger partial charge in [-0.3, -0.25) is 0 Å². The molecule has 3 atom stereocenters. The van der Waals surface area contributed by atoms with E-state index >= 15 is 0 Å². The van der Waals surface area contributed by atoms with Gasteiger partial charge in [0.1, 0.15) is 0 Å². The minimum absolute atomic E-state index is 0.296. The van der Waals surface area contributed by atoms with Crippen molar-refractivity contribution in [1.82, 2.24) is 0 Å². The molecule has 86 valence electrons. The van der Waals surface area contributed by atoms with E-state index < -0.39 is 7.26 Å². The number of hydrogen-bond donors (Lipinski definition) is 1. The molecule has 0 amide bonds. The minimum atomic E-state index is -1.58. The molecule has 0 aliphatic heterocycles. The third kappa shape index (κ3) is 2.17. The fourth-order valence-corrected chi connectivity index (χ4v) is 5.91. The van der Waals surface area contributed by atoms with E-state index in [0.29, 0.717) is 18.2 Å². The molecular weight excluding hydrogens is 215 g/mol. The van der Waals surface area contributed by atoms with E-state index in [2.05, 4.69) is 30.9 Å². The highest BCUT2D eigenvalue weighted by Crippen LogP contribution is 2.63. The first-order valence-corrected chi connectivity index (χ1v) is 8.35. The second-order valence-corrected chi connectivity index (χ2v) is 8.40. The summed E-state index contributed by atoms with van der Waals surface area (Å²) in [6.45, 7) is 9.11. The van der Waals surface area contributed by atoms with Crippen molar-refractivity contribution in [2.75, 3.05) is 13.3 Å². The van der Waals surface area contributed by atoms with Crippen molar-refractivity contribution in [1.29, 1.82) is 0 Å². The van der Waals surface area contributed by atoms with Crippen LogP contribution in [0.3, 0.4) is 0 Å². The van der Waals surface area contributed by atoms with E-state index in [9.17, 15) is 5.11 Å². The number of aliphatic hydroxyl groups is 1. The molecule has 2 heteroatoms. The standard InChI is InChI=1S/C14H20OP/c1-16(2,13-8-4-3-5-9-13)14-10-6-7-12(14)11-15/h1,3-5,8-9,12,14-15H,6-7,10-11H2,2H3/q+1. The summed E-state index contributed by atoms with van der Waals surface area (Å²) in [5, 5.41) is 10.7. The molecule has 1 N–H and O–H groups in total. The zero-order valence-corrected chi connectivity index (χ0v) is 10.7. The zero-order chi connectivity index (χ0) is 11.6. The molecule has 2 radical (unpaired) electrons. The Morgan fingerprint density at radius 2 is 2.00 bits per heavy atom. The van der Waals surface area contributed by atoms with E-state index in [0.717, 1.165) is 6.42 Å². The van der Waals surface area contributed by atoms with Crippen LogP contribution >= 0.6 is 7.26 Å². The average molecular weight is 235 g/mol. The Kier molecular flexibility index (Phi) is 3.66. The van der Waals surface area contributed by atoms with Crippen molar-refractivity contribution >= 4 is 12.6 Å². The van der Waals surface area contributed by atoms with E-state index in [1.54, 1.807) is 0 Å². The molecule has 0 bridgehead atoms. The normalized spacial score (nSPS) is 25.9. The maximum Gasteiger partial charge on any atom is 0.155 e. The SMILES string of the molecule is [CH][P+](C)(c1ccccc1)C1CCCC1CO. The average Bonchev–Trinajstić information content (AvgIpc) is 2.79. The third-order valence-electron chi connectivity index (χ3n) is 3.85. The van der Waals surface area contributed by atoms with Crippen LogP contribution < -0.4 is 5.30 Å². The summed E-state index contributed by atoms with van der Waals surface area (Å²) in [7, 11) is -1.58. The number of benzene rings is 1. The molecule has 1 aliphatic rings. The summed E-state index contributed by atoms with van der Waals surface area (Å²) in [6.07, 6.45) is 3.54. The Balaban J connectivity index is 2.24. The van der Waals surface area contributed by atoms with E-state index in [-0.39, 0.29) is 0 Å². The van der Waals surface area contributed by atoms with Gasteiger partial charge in [0.05, 0.1) is 24.9 Å². The smallest absolute Gasteiger partial charge is 0.155 e. The molecule has 1 aliphatic carbocycles. The van der Waals surface area contributed by atoms with Gasteiger partial charge in [0.2, 0.25) is 0 Å². The molecule has 16 heavy (non-hydrogen) atoms. The minimum Gasteiger partial charge on any atom is -0.396 e. The summed E-state index contributed by atoms with van der Waals surface area (Å²) in [5.74, 6) is 0.420. The summed E-state index contributed by atoms with van der Waals surface area (Å²) >= 11 is 0. The van der Waals surface area contributed by atoms with Crippen molar-refractivity contribution in [3.8, 4) is 0 Å². The second-order valence-electron chi connectivity index (χ2n) is 4.92. The monoisotopic (exact) mass is 235 g/mol. The molecule has 1 aromatic rings. The summed E-state index contributed by atoms with van der Waals surface area (Å²) in [5.41, 5.74) is 0.514. The lowest BCUT2D eigenvalue weighted by atomic mass is 10.1. The lowest BCUT2D eigenvalue weighted by molar-refractivity contribution is 0.232. The topological polar surface area (TPSA) is 20.2 Å². The van der Waals surface area contributed by atoms with Crippen LogP contribution in [0.2, 0.25) is 0 Å². The van der Waals surface area contributed by atoms with Crippen LogP contribution in [-0.2, 0) is 0 Å². The number of aliphatic hydroxyl groups excluding tert-OH is 1. The molecule has 2 rings (SSSR count). The summed E-state index contributed by atoms with van der Waals surface area (Å²) < 4.78 is 0. The Morgan fingerprint density at radius 1 is 1.31 bits per heavy atom. The first-order valence-electron chi connectivity index (χ1n) is 5.97. The van der Waals surface area contributed by atoms with E-state index in [1.807, 2.05) is 6.07 Å². The molecule has 1 saturated carbocycles. The zero-order valence-electron chi connectivity index (χ0n) is 9.84. The first-order chi connectivity index (χ1) is 7.66. The van der Waals surface area contributed by atoms with Gasteiger partial charge in [0.25, 0.3) is 0 Å². The number of hydrogen-bond acceptors (Lipinski definition) is 1. The maximum absolute atomic E-state index is 9.41. The second kappa shape index (κ2) is 4.85. The predicted octanol–water partition coefficient (Wildman–Crippen LogP) is 2.79. The van der Waals surface area contributed by atoms with Gasteiger partial charge in [0.15, 0.2) is 6.66 Å². The third-order valence-corrected chi connectivity index (χ3v) is 7.32. The summed E-state index contributed by atoms with van der Waals surface area (Å²) in [4.78, 5) is 0. The van der Waals surface area contributed by atoms with Gasteiger partial charge in [-0.2, -0.15) is 0 Å². The van der Waals surface area contributed by atoms with Crippen molar-refractivity contribution in [3.05, 3.63) is 37.0 Å². The first kappa shape index (κ1) is 12.1. The van der Waals surface area contributed by atoms with Crippen LogP contribution in [-0.4, -0.2) is 24.0 Å². The van der Waals surface area contributed by atoms with Crippen LogP contribution in [0, 0.1) is 12.6 Å². The molecule has 0 spiro atoms. The number of rotatable bonds is 3. The molecule has 3 unspecified atom stereocenters. The molecular formula is C14H20OP+.